The Morgan fingerprint density at radius 3 is 2.85 bits per heavy atom. The maximum Gasteiger partial charge on any atom is 0.274 e. The van der Waals surface area contributed by atoms with Crippen LogP contribution in [0.3, 0.4) is 0 Å². The fraction of sp³-hybridized carbons (Fsp3) is 0.474. The van der Waals surface area contributed by atoms with Crippen LogP contribution in [0.4, 0.5) is 0 Å². The van der Waals surface area contributed by atoms with Gasteiger partial charge in [-0.1, -0.05) is 24.6 Å². The van der Waals surface area contributed by atoms with Gasteiger partial charge in [0, 0.05) is 20.1 Å². The van der Waals surface area contributed by atoms with Gasteiger partial charge in [0.15, 0.2) is 5.82 Å². The van der Waals surface area contributed by atoms with Gasteiger partial charge >= 0.3 is 0 Å². The SMILES string of the molecule is CN/C(=C\[N+](=O)[O-])NC/C=C/COc1cccc(CN2CCCCC2)c1. The summed E-state index contributed by atoms with van der Waals surface area (Å²) in [5.74, 6) is 1.23. The molecule has 7 heteroatoms. The third-order valence-electron chi connectivity index (χ3n) is 4.18. The number of rotatable bonds is 10. The average molecular weight is 360 g/mol. The van der Waals surface area contributed by atoms with Gasteiger partial charge in [0.05, 0.1) is 4.92 Å². The number of ether oxygens (including phenoxy) is 1. The fourth-order valence-electron chi connectivity index (χ4n) is 2.88. The van der Waals surface area contributed by atoms with E-state index in [4.69, 9.17) is 4.74 Å². The lowest BCUT2D eigenvalue weighted by atomic mass is 10.1. The molecule has 7 nitrogen and oxygen atoms in total. The van der Waals surface area contributed by atoms with Crippen molar-refractivity contribution < 1.29 is 9.66 Å². The van der Waals surface area contributed by atoms with Crippen LogP contribution in [-0.2, 0) is 6.54 Å². The monoisotopic (exact) mass is 360 g/mol. The smallest absolute Gasteiger partial charge is 0.274 e. The average Bonchev–Trinajstić information content (AvgIpc) is 2.64. The first kappa shape index (κ1) is 19.8. The zero-order valence-electron chi connectivity index (χ0n) is 15.3. The first-order valence-corrected chi connectivity index (χ1v) is 9.03. The van der Waals surface area contributed by atoms with Crippen LogP contribution in [0, 0.1) is 10.1 Å². The molecule has 2 rings (SSSR count). The number of piperidine rings is 1. The normalized spacial score (nSPS) is 15.8. The highest BCUT2D eigenvalue weighted by atomic mass is 16.6. The third-order valence-corrected chi connectivity index (χ3v) is 4.18. The molecule has 0 unspecified atom stereocenters. The number of nitrogens with one attached hydrogen (secondary N) is 2. The number of likely N-dealkylation sites (tertiary alicyclic amines) is 1. The molecule has 1 fully saturated rings. The Kier molecular flexibility index (Phi) is 8.48. The predicted octanol–water partition coefficient (Wildman–Crippen LogP) is 2.49. The van der Waals surface area contributed by atoms with Crippen molar-refractivity contribution in [2.45, 2.75) is 25.8 Å². The molecular formula is C19H28N4O3. The lowest BCUT2D eigenvalue weighted by Gasteiger charge is -2.26. The van der Waals surface area contributed by atoms with Gasteiger partial charge in [0.25, 0.3) is 6.20 Å². The summed E-state index contributed by atoms with van der Waals surface area (Å²) < 4.78 is 5.76. The second-order valence-electron chi connectivity index (χ2n) is 6.23. The summed E-state index contributed by atoms with van der Waals surface area (Å²) in [5, 5.41) is 16.1. The minimum Gasteiger partial charge on any atom is -0.490 e. The summed E-state index contributed by atoms with van der Waals surface area (Å²) >= 11 is 0. The number of nitro groups is 1. The van der Waals surface area contributed by atoms with Crippen LogP contribution in [0.15, 0.2) is 48.4 Å². The molecular weight excluding hydrogens is 332 g/mol. The summed E-state index contributed by atoms with van der Waals surface area (Å²) in [7, 11) is 1.63. The first-order valence-electron chi connectivity index (χ1n) is 9.03. The van der Waals surface area contributed by atoms with Gasteiger partial charge in [-0.3, -0.25) is 15.0 Å². The van der Waals surface area contributed by atoms with Crippen LogP contribution < -0.4 is 15.4 Å². The van der Waals surface area contributed by atoms with Crippen molar-refractivity contribution in [1.82, 2.24) is 15.5 Å². The summed E-state index contributed by atoms with van der Waals surface area (Å²) in [4.78, 5) is 12.4. The fourth-order valence-corrected chi connectivity index (χ4v) is 2.88. The molecule has 1 aromatic rings. The predicted molar refractivity (Wildman–Crippen MR) is 102 cm³/mol. The lowest BCUT2D eigenvalue weighted by molar-refractivity contribution is -0.404. The number of hydrogen-bond donors (Lipinski definition) is 2. The zero-order valence-corrected chi connectivity index (χ0v) is 15.3. The summed E-state index contributed by atoms with van der Waals surface area (Å²) in [6, 6.07) is 8.23. The van der Waals surface area contributed by atoms with Crippen LogP contribution in [0.2, 0.25) is 0 Å². The molecule has 1 aliphatic heterocycles. The quantitative estimate of drug-likeness (QED) is 0.379. The van der Waals surface area contributed by atoms with E-state index in [1.165, 1.54) is 37.9 Å². The van der Waals surface area contributed by atoms with Crippen LogP contribution in [-0.4, -0.2) is 43.1 Å². The van der Waals surface area contributed by atoms with Gasteiger partial charge in [0.1, 0.15) is 12.4 Å². The van der Waals surface area contributed by atoms with E-state index in [1.54, 1.807) is 7.05 Å². The van der Waals surface area contributed by atoms with Gasteiger partial charge in [-0.2, -0.15) is 0 Å². The highest BCUT2D eigenvalue weighted by Crippen LogP contribution is 2.17. The Labute approximate surface area is 154 Å². The molecule has 1 heterocycles. The molecule has 2 N–H and O–H groups in total. The van der Waals surface area contributed by atoms with E-state index in [2.05, 4.69) is 27.7 Å². The van der Waals surface area contributed by atoms with Crippen LogP contribution >= 0.6 is 0 Å². The Bertz CT molecular complexity index is 625. The van der Waals surface area contributed by atoms with E-state index in [-0.39, 0.29) is 0 Å². The van der Waals surface area contributed by atoms with Crippen LogP contribution in [0.25, 0.3) is 0 Å². The van der Waals surface area contributed by atoms with E-state index < -0.39 is 4.92 Å². The Hall–Kier alpha value is -2.54. The molecule has 1 aliphatic rings. The van der Waals surface area contributed by atoms with Crippen molar-refractivity contribution in [3.8, 4) is 5.75 Å². The standard InChI is InChI=1S/C19H28N4O3/c1-20-19(16-23(24)25)21-10-3-6-13-26-18-9-7-8-17(14-18)15-22-11-4-2-5-12-22/h3,6-9,14,16,20-21H,2,4-5,10-13,15H2,1H3/b6-3+,19-16+. The molecule has 0 aliphatic carbocycles. The Balaban J connectivity index is 1.72. The van der Waals surface area contributed by atoms with Crippen molar-refractivity contribution in [2.24, 2.45) is 0 Å². The third kappa shape index (κ3) is 7.57. The molecule has 0 amide bonds. The maximum absolute atomic E-state index is 10.4. The van der Waals surface area contributed by atoms with Gasteiger partial charge in [-0.25, -0.2) is 0 Å². The second-order valence-corrected chi connectivity index (χ2v) is 6.23. The highest BCUT2D eigenvalue weighted by Gasteiger charge is 2.10. The molecule has 0 atom stereocenters. The first-order chi connectivity index (χ1) is 12.7. The number of nitrogens with zero attached hydrogens (tertiary/aromatic N) is 2. The van der Waals surface area contributed by atoms with Gasteiger partial charge in [-0.05, 0) is 49.7 Å². The minimum atomic E-state index is -0.497. The molecule has 0 spiro atoms. The minimum absolute atomic E-state index is 0.367. The van der Waals surface area contributed by atoms with Gasteiger partial charge < -0.3 is 15.4 Å². The number of hydrogen-bond acceptors (Lipinski definition) is 6. The number of benzene rings is 1. The van der Waals surface area contributed by atoms with E-state index in [1.807, 2.05) is 24.3 Å². The molecule has 1 aromatic carbocycles. The van der Waals surface area contributed by atoms with Crippen LogP contribution in [0.1, 0.15) is 24.8 Å². The van der Waals surface area contributed by atoms with Crippen molar-refractivity contribution in [1.29, 1.82) is 0 Å². The topological polar surface area (TPSA) is 79.7 Å². The zero-order chi connectivity index (χ0) is 18.6. The highest BCUT2D eigenvalue weighted by molar-refractivity contribution is 5.28. The lowest BCUT2D eigenvalue weighted by Crippen LogP contribution is -2.29. The van der Waals surface area contributed by atoms with Crippen molar-refractivity contribution in [2.75, 3.05) is 33.3 Å². The van der Waals surface area contributed by atoms with Gasteiger partial charge in [-0.15, -0.1) is 0 Å². The van der Waals surface area contributed by atoms with E-state index in [0.29, 0.717) is 19.0 Å². The molecule has 1 saturated heterocycles. The van der Waals surface area contributed by atoms with E-state index in [0.717, 1.165) is 18.5 Å². The summed E-state index contributed by atoms with van der Waals surface area (Å²) in [6.07, 6.45) is 8.60. The van der Waals surface area contributed by atoms with E-state index >= 15 is 0 Å². The molecule has 0 bridgehead atoms. The molecule has 0 saturated carbocycles. The molecule has 26 heavy (non-hydrogen) atoms. The van der Waals surface area contributed by atoms with Crippen molar-refractivity contribution in [3.63, 3.8) is 0 Å². The molecule has 0 aromatic heterocycles. The van der Waals surface area contributed by atoms with Gasteiger partial charge in [0.2, 0.25) is 0 Å². The molecule has 142 valence electrons. The van der Waals surface area contributed by atoms with Crippen molar-refractivity contribution >= 4 is 0 Å². The van der Waals surface area contributed by atoms with Crippen molar-refractivity contribution in [3.05, 3.63) is 64.1 Å². The summed E-state index contributed by atoms with van der Waals surface area (Å²) in [5.41, 5.74) is 1.28. The second kappa shape index (κ2) is 11.1. The van der Waals surface area contributed by atoms with Crippen LogP contribution in [0.5, 0.6) is 5.75 Å². The Morgan fingerprint density at radius 1 is 1.31 bits per heavy atom. The largest absolute Gasteiger partial charge is 0.490 e. The molecule has 0 radical (unpaired) electrons. The van der Waals surface area contributed by atoms with E-state index in [9.17, 15) is 10.1 Å². The summed E-state index contributed by atoms with van der Waals surface area (Å²) in [6.45, 7) is 4.29. The maximum atomic E-state index is 10.4. The Morgan fingerprint density at radius 2 is 2.12 bits per heavy atom.